The average molecular weight is 261 g/mol. The minimum absolute atomic E-state index is 0.0828. The molecule has 0 aromatic rings. The number of rotatable bonds is 13. The van der Waals surface area contributed by atoms with E-state index in [4.69, 9.17) is 14.2 Å². The minimum atomic E-state index is -0.0828. The third-order valence-electron chi connectivity index (χ3n) is 2.89. The van der Waals surface area contributed by atoms with Gasteiger partial charge in [0.05, 0.1) is 18.8 Å². The van der Waals surface area contributed by atoms with Crippen molar-refractivity contribution in [2.45, 2.75) is 45.6 Å². The lowest BCUT2D eigenvalue weighted by atomic mass is 10.1. The fraction of sp³-hybridized carbons (Fsp3) is 1.00. The second-order valence-corrected chi connectivity index (χ2v) is 5.04. The molecule has 0 spiro atoms. The van der Waals surface area contributed by atoms with Crippen LogP contribution in [0.1, 0.15) is 40.0 Å². The van der Waals surface area contributed by atoms with Gasteiger partial charge < -0.3 is 19.5 Å². The first-order chi connectivity index (χ1) is 8.62. The Morgan fingerprint density at radius 1 is 0.944 bits per heavy atom. The third kappa shape index (κ3) is 12.3. The van der Waals surface area contributed by atoms with Crippen molar-refractivity contribution < 1.29 is 14.2 Å². The Morgan fingerprint density at radius 2 is 1.56 bits per heavy atom. The van der Waals surface area contributed by atoms with Gasteiger partial charge in [-0.2, -0.15) is 0 Å². The van der Waals surface area contributed by atoms with Crippen molar-refractivity contribution in [1.82, 2.24) is 5.32 Å². The van der Waals surface area contributed by atoms with Gasteiger partial charge in [-0.15, -0.1) is 0 Å². The molecule has 0 bridgehead atoms. The Hall–Kier alpha value is -0.160. The van der Waals surface area contributed by atoms with Crippen LogP contribution in [-0.2, 0) is 14.2 Å². The van der Waals surface area contributed by atoms with E-state index in [0.29, 0.717) is 0 Å². The molecule has 0 aliphatic rings. The molecule has 0 rings (SSSR count). The van der Waals surface area contributed by atoms with E-state index in [1.165, 1.54) is 6.42 Å². The second kappa shape index (κ2) is 11.9. The van der Waals surface area contributed by atoms with E-state index < -0.39 is 0 Å². The Bertz CT molecular complexity index is 174. The summed E-state index contributed by atoms with van der Waals surface area (Å²) in [5.74, 6) is 0. The summed E-state index contributed by atoms with van der Waals surface area (Å²) >= 11 is 0. The summed E-state index contributed by atoms with van der Waals surface area (Å²) in [6.45, 7) is 11.2. The first-order valence-electron chi connectivity index (χ1n) is 7.03. The molecule has 4 nitrogen and oxygen atoms in total. The van der Waals surface area contributed by atoms with Crippen LogP contribution in [0.15, 0.2) is 0 Å². The molecule has 0 aromatic carbocycles. The van der Waals surface area contributed by atoms with Crippen LogP contribution in [0.2, 0.25) is 0 Å². The van der Waals surface area contributed by atoms with E-state index in [1.807, 2.05) is 0 Å². The van der Waals surface area contributed by atoms with Gasteiger partial charge in [-0.3, -0.25) is 0 Å². The molecule has 4 heteroatoms. The number of nitrogens with one attached hydrogen (secondary N) is 1. The van der Waals surface area contributed by atoms with Gasteiger partial charge in [0.25, 0.3) is 0 Å². The van der Waals surface area contributed by atoms with Gasteiger partial charge in [-0.05, 0) is 26.7 Å². The molecule has 0 fully saturated rings. The standard InChI is InChI=1S/C14H31NO3/c1-5-6-10-17-12-8-15-9-13-18-11-7-14(2,3)16-4/h15H,5-13H2,1-4H3. The largest absolute Gasteiger partial charge is 0.380 e. The smallest absolute Gasteiger partial charge is 0.0644 e. The number of methoxy groups -OCH3 is 1. The molecule has 0 aliphatic heterocycles. The van der Waals surface area contributed by atoms with Crippen molar-refractivity contribution in [2.75, 3.05) is 46.6 Å². The van der Waals surface area contributed by atoms with Crippen molar-refractivity contribution in [2.24, 2.45) is 0 Å². The highest BCUT2D eigenvalue weighted by molar-refractivity contribution is 4.66. The van der Waals surface area contributed by atoms with Crippen LogP contribution in [0, 0.1) is 0 Å². The Morgan fingerprint density at radius 3 is 2.11 bits per heavy atom. The van der Waals surface area contributed by atoms with E-state index in [2.05, 4.69) is 26.1 Å². The molecular weight excluding hydrogens is 230 g/mol. The van der Waals surface area contributed by atoms with Crippen molar-refractivity contribution in [3.05, 3.63) is 0 Å². The second-order valence-electron chi connectivity index (χ2n) is 5.04. The number of hydrogen-bond donors (Lipinski definition) is 1. The Balaban J connectivity index is 3.08. The molecule has 0 atom stereocenters. The molecule has 0 aliphatic carbocycles. The van der Waals surface area contributed by atoms with E-state index in [0.717, 1.165) is 52.4 Å². The zero-order valence-electron chi connectivity index (χ0n) is 12.6. The number of unbranched alkanes of at least 4 members (excludes halogenated alkanes) is 1. The van der Waals surface area contributed by atoms with E-state index in [-0.39, 0.29) is 5.60 Å². The van der Waals surface area contributed by atoms with Crippen LogP contribution in [0.5, 0.6) is 0 Å². The average Bonchev–Trinajstić information content (AvgIpc) is 2.36. The van der Waals surface area contributed by atoms with Crippen molar-refractivity contribution >= 4 is 0 Å². The first-order valence-corrected chi connectivity index (χ1v) is 7.03. The zero-order valence-corrected chi connectivity index (χ0v) is 12.6. The fourth-order valence-electron chi connectivity index (χ4n) is 1.28. The monoisotopic (exact) mass is 261 g/mol. The summed E-state index contributed by atoms with van der Waals surface area (Å²) in [4.78, 5) is 0. The Kier molecular flexibility index (Phi) is 11.8. The molecule has 0 heterocycles. The van der Waals surface area contributed by atoms with Crippen LogP contribution < -0.4 is 5.32 Å². The lowest BCUT2D eigenvalue weighted by Crippen LogP contribution is -2.27. The summed E-state index contributed by atoms with van der Waals surface area (Å²) in [5.41, 5.74) is -0.0828. The zero-order chi connectivity index (χ0) is 13.7. The lowest BCUT2D eigenvalue weighted by Gasteiger charge is -2.22. The first kappa shape index (κ1) is 17.8. The van der Waals surface area contributed by atoms with E-state index >= 15 is 0 Å². The normalized spacial score (nSPS) is 12.0. The highest BCUT2D eigenvalue weighted by atomic mass is 16.5. The predicted octanol–water partition coefficient (Wildman–Crippen LogP) is 2.22. The molecule has 0 saturated carbocycles. The quantitative estimate of drug-likeness (QED) is 0.516. The van der Waals surface area contributed by atoms with Crippen LogP contribution in [0.25, 0.3) is 0 Å². The highest BCUT2D eigenvalue weighted by Gasteiger charge is 2.15. The fourth-order valence-corrected chi connectivity index (χ4v) is 1.28. The Labute approximate surface area is 112 Å². The van der Waals surface area contributed by atoms with Crippen LogP contribution in [-0.4, -0.2) is 52.2 Å². The maximum absolute atomic E-state index is 5.53. The topological polar surface area (TPSA) is 39.7 Å². The van der Waals surface area contributed by atoms with Gasteiger partial charge in [0.2, 0.25) is 0 Å². The summed E-state index contributed by atoms with van der Waals surface area (Å²) in [5, 5.41) is 3.29. The van der Waals surface area contributed by atoms with Gasteiger partial charge >= 0.3 is 0 Å². The molecular formula is C14H31NO3. The van der Waals surface area contributed by atoms with E-state index in [1.54, 1.807) is 7.11 Å². The number of ether oxygens (including phenoxy) is 3. The third-order valence-corrected chi connectivity index (χ3v) is 2.89. The maximum Gasteiger partial charge on any atom is 0.0644 e. The summed E-state index contributed by atoms with van der Waals surface area (Å²) in [6.07, 6.45) is 3.26. The molecule has 18 heavy (non-hydrogen) atoms. The van der Waals surface area contributed by atoms with Crippen LogP contribution in [0.4, 0.5) is 0 Å². The summed E-state index contributed by atoms with van der Waals surface area (Å²) < 4.78 is 16.3. The molecule has 1 N–H and O–H groups in total. The molecule has 0 unspecified atom stereocenters. The molecule has 0 radical (unpaired) electrons. The molecule has 0 aromatic heterocycles. The van der Waals surface area contributed by atoms with Gasteiger partial charge in [-0.1, -0.05) is 13.3 Å². The predicted molar refractivity (Wildman–Crippen MR) is 75.1 cm³/mol. The van der Waals surface area contributed by atoms with E-state index in [9.17, 15) is 0 Å². The van der Waals surface area contributed by atoms with Crippen LogP contribution in [0.3, 0.4) is 0 Å². The molecule has 110 valence electrons. The SMILES string of the molecule is CCCCOCCNCCOCCC(C)(C)OC. The lowest BCUT2D eigenvalue weighted by molar-refractivity contribution is -0.00943. The minimum Gasteiger partial charge on any atom is -0.380 e. The van der Waals surface area contributed by atoms with Gasteiger partial charge in [0.15, 0.2) is 0 Å². The van der Waals surface area contributed by atoms with Crippen LogP contribution >= 0.6 is 0 Å². The van der Waals surface area contributed by atoms with Gasteiger partial charge in [0, 0.05) is 33.4 Å². The van der Waals surface area contributed by atoms with Gasteiger partial charge in [-0.25, -0.2) is 0 Å². The molecule has 0 saturated heterocycles. The summed E-state index contributed by atoms with van der Waals surface area (Å²) in [6, 6.07) is 0. The van der Waals surface area contributed by atoms with Gasteiger partial charge in [0.1, 0.15) is 0 Å². The molecule has 0 amide bonds. The maximum atomic E-state index is 5.53. The highest BCUT2D eigenvalue weighted by Crippen LogP contribution is 2.12. The number of hydrogen-bond acceptors (Lipinski definition) is 4. The van der Waals surface area contributed by atoms with Crippen molar-refractivity contribution in [3.63, 3.8) is 0 Å². The van der Waals surface area contributed by atoms with Crippen molar-refractivity contribution in [3.8, 4) is 0 Å². The summed E-state index contributed by atoms with van der Waals surface area (Å²) in [7, 11) is 1.74. The van der Waals surface area contributed by atoms with Crippen molar-refractivity contribution in [1.29, 1.82) is 0 Å².